The van der Waals surface area contributed by atoms with Crippen molar-refractivity contribution in [3.8, 4) is 5.75 Å². The van der Waals surface area contributed by atoms with Crippen LogP contribution in [0.1, 0.15) is 46.0 Å². The minimum absolute atomic E-state index is 0.0389. The summed E-state index contributed by atoms with van der Waals surface area (Å²) < 4.78 is 44.9. The van der Waals surface area contributed by atoms with E-state index in [2.05, 4.69) is 0 Å². The van der Waals surface area contributed by atoms with Gasteiger partial charge in [0.1, 0.15) is 11.4 Å². The number of carboxylic acids is 1. The Bertz CT molecular complexity index is 1360. The van der Waals surface area contributed by atoms with Crippen LogP contribution in [0.2, 0.25) is 10.0 Å². The maximum atomic E-state index is 13.4. The third-order valence-corrected chi connectivity index (χ3v) is 7.22. The number of hydrogen-bond acceptors (Lipinski definition) is 3. The van der Waals surface area contributed by atoms with Gasteiger partial charge in [0.05, 0.1) is 22.0 Å². The number of benzene rings is 3. The van der Waals surface area contributed by atoms with E-state index >= 15 is 0 Å². The molecule has 0 saturated heterocycles. The van der Waals surface area contributed by atoms with Gasteiger partial charge in [-0.15, -0.1) is 0 Å². The van der Waals surface area contributed by atoms with Crippen LogP contribution in [-0.2, 0) is 30.4 Å². The first-order chi connectivity index (χ1) is 17.8. The fourth-order valence-corrected chi connectivity index (χ4v) is 4.91. The van der Waals surface area contributed by atoms with Crippen LogP contribution in [0.15, 0.2) is 60.7 Å². The van der Waals surface area contributed by atoms with Crippen molar-refractivity contribution in [3.05, 3.63) is 98.5 Å². The highest BCUT2D eigenvalue weighted by Gasteiger charge is 2.36. The van der Waals surface area contributed by atoms with E-state index in [0.29, 0.717) is 39.8 Å². The number of amides is 1. The zero-order valence-electron chi connectivity index (χ0n) is 20.3. The summed E-state index contributed by atoms with van der Waals surface area (Å²) in [5.41, 5.74) is 1.00. The molecule has 3 aromatic carbocycles. The summed E-state index contributed by atoms with van der Waals surface area (Å²) in [6, 6.07) is 14.8. The van der Waals surface area contributed by atoms with Crippen LogP contribution in [0.4, 0.5) is 13.2 Å². The van der Waals surface area contributed by atoms with Crippen molar-refractivity contribution in [2.24, 2.45) is 0 Å². The van der Waals surface area contributed by atoms with Crippen LogP contribution in [0.5, 0.6) is 5.75 Å². The van der Waals surface area contributed by atoms with Gasteiger partial charge in [0.2, 0.25) is 0 Å². The number of carbonyl (C=O) groups is 2. The van der Waals surface area contributed by atoms with Gasteiger partial charge in [0.15, 0.2) is 0 Å². The van der Waals surface area contributed by atoms with E-state index in [0.717, 1.165) is 23.3 Å². The Morgan fingerprint density at radius 2 is 1.79 bits per heavy atom. The maximum Gasteiger partial charge on any atom is 0.416 e. The summed E-state index contributed by atoms with van der Waals surface area (Å²) in [5, 5.41) is 10.1. The molecule has 1 aliphatic heterocycles. The lowest BCUT2D eigenvalue weighted by Gasteiger charge is -2.24. The Morgan fingerprint density at radius 3 is 2.45 bits per heavy atom. The summed E-state index contributed by atoms with van der Waals surface area (Å²) in [5.74, 6) is -0.893. The van der Waals surface area contributed by atoms with E-state index in [4.69, 9.17) is 33.0 Å². The first-order valence-corrected chi connectivity index (χ1v) is 12.5. The normalized spacial score (nSPS) is 16.6. The monoisotopic (exact) mass is 565 g/mol. The van der Waals surface area contributed by atoms with E-state index in [-0.39, 0.29) is 19.5 Å². The second-order valence-corrected chi connectivity index (χ2v) is 10.3. The van der Waals surface area contributed by atoms with Crippen LogP contribution >= 0.6 is 23.2 Å². The molecule has 0 aliphatic carbocycles. The number of halogens is 5. The Balaban J connectivity index is 1.53. The van der Waals surface area contributed by atoms with Gasteiger partial charge in [0, 0.05) is 31.5 Å². The van der Waals surface area contributed by atoms with Crippen molar-refractivity contribution in [3.63, 3.8) is 0 Å². The van der Waals surface area contributed by atoms with Crippen molar-refractivity contribution in [2.75, 3.05) is 6.54 Å². The van der Waals surface area contributed by atoms with E-state index in [1.54, 1.807) is 24.3 Å². The third kappa shape index (κ3) is 6.42. The molecule has 0 aromatic heterocycles. The predicted octanol–water partition coefficient (Wildman–Crippen LogP) is 7.07. The van der Waals surface area contributed by atoms with E-state index in [1.807, 2.05) is 19.1 Å². The van der Waals surface area contributed by atoms with Gasteiger partial charge in [0.25, 0.3) is 5.91 Å². The molecule has 1 aliphatic rings. The van der Waals surface area contributed by atoms with E-state index in [9.17, 15) is 22.8 Å². The van der Waals surface area contributed by atoms with Crippen LogP contribution in [0.25, 0.3) is 0 Å². The number of rotatable bonds is 8. The molecule has 0 bridgehead atoms. The highest BCUT2D eigenvalue weighted by atomic mass is 35.5. The molecule has 1 N–H and O–H groups in total. The topological polar surface area (TPSA) is 66.8 Å². The summed E-state index contributed by atoms with van der Waals surface area (Å²) in [7, 11) is 0. The molecular formula is C28H24Cl2F3NO4. The first kappa shape index (κ1) is 27.8. The zero-order valence-corrected chi connectivity index (χ0v) is 21.8. The minimum Gasteiger partial charge on any atom is -0.487 e. The zero-order chi connectivity index (χ0) is 27.7. The van der Waals surface area contributed by atoms with Gasteiger partial charge in [-0.05, 0) is 60.0 Å². The van der Waals surface area contributed by atoms with Gasteiger partial charge in [-0.3, -0.25) is 9.59 Å². The smallest absolute Gasteiger partial charge is 0.416 e. The average molecular weight is 566 g/mol. The molecular weight excluding hydrogens is 542 g/mol. The molecule has 1 amide bonds. The SMILES string of the molecule is CC1(Cc2cccc(Cl)c2Cl)Cc2cc(C(=O)N(CCC(=O)O)Cc3ccc(C(F)(F)F)cc3)ccc2O1. The molecule has 200 valence electrons. The molecule has 5 nitrogen and oxygen atoms in total. The van der Waals surface area contributed by atoms with Crippen LogP contribution in [-0.4, -0.2) is 34.0 Å². The average Bonchev–Trinajstić information content (AvgIpc) is 3.18. The number of hydrogen-bond donors (Lipinski definition) is 1. The minimum atomic E-state index is -4.48. The highest BCUT2D eigenvalue weighted by Crippen LogP contribution is 2.39. The van der Waals surface area contributed by atoms with Gasteiger partial charge in [-0.25, -0.2) is 0 Å². The lowest BCUT2D eigenvalue weighted by atomic mass is 9.91. The maximum absolute atomic E-state index is 13.4. The molecule has 4 rings (SSSR count). The van der Waals surface area contributed by atoms with Crippen LogP contribution in [0, 0.1) is 0 Å². The highest BCUT2D eigenvalue weighted by molar-refractivity contribution is 6.42. The van der Waals surface area contributed by atoms with Crippen molar-refractivity contribution in [1.82, 2.24) is 4.90 Å². The Hall–Kier alpha value is -3.23. The molecule has 1 unspecified atom stereocenters. The number of nitrogens with zero attached hydrogens (tertiary/aromatic N) is 1. The molecule has 0 radical (unpaired) electrons. The second kappa shape index (κ2) is 10.9. The largest absolute Gasteiger partial charge is 0.487 e. The lowest BCUT2D eigenvalue weighted by molar-refractivity contribution is -0.138. The molecule has 10 heteroatoms. The van der Waals surface area contributed by atoms with E-state index < -0.39 is 29.2 Å². The van der Waals surface area contributed by atoms with Gasteiger partial charge in [-0.2, -0.15) is 13.2 Å². The first-order valence-electron chi connectivity index (χ1n) is 11.8. The Morgan fingerprint density at radius 1 is 1.08 bits per heavy atom. The summed E-state index contributed by atoms with van der Waals surface area (Å²) in [6.07, 6.45) is -3.79. The number of alkyl halides is 3. The number of fused-ring (bicyclic) bond motifs is 1. The number of carboxylic acid groups (broad SMARTS) is 1. The molecule has 0 spiro atoms. The number of aliphatic carboxylic acids is 1. The fourth-order valence-electron chi connectivity index (χ4n) is 4.53. The van der Waals surface area contributed by atoms with Crippen LogP contribution < -0.4 is 4.74 Å². The number of carbonyl (C=O) groups excluding carboxylic acids is 1. The van der Waals surface area contributed by atoms with Crippen molar-refractivity contribution in [2.45, 2.75) is 44.5 Å². The van der Waals surface area contributed by atoms with Crippen molar-refractivity contribution in [1.29, 1.82) is 0 Å². The summed E-state index contributed by atoms with van der Waals surface area (Å²) in [4.78, 5) is 25.9. The van der Waals surface area contributed by atoms with E-state index in [1.165, 1.54) is 17.0 Å². The van der Waals surface area contributed by atoms with Crippen LogP contribution in [0.3, 0.4) is 0 Å². The van der Waals surface area contributed by atoms with Crippen molar-refractivity contribution < 1.29 is 32.6 Å². The Kier molecular flexibility index (Phi) is 7.95. The standard InChI is InChI=1S/C28H24Cl2F3NO4/c1-27(14-19-3-2-4-22(29)25(19)30)15-20-13-18(7-10-23(20)38-27)26(37)34(12-11-24(35)36)16-17-5-8-21(9-6-17)28(31,32)33/h2-10,13H,11-12,14-16H2,1H3,(H,35,36). The molecule has 0 saturated carbocycles. The van der Waals surface area contributed by atoms with Gasteiger partial charge in [-0.1, -0.05) is 47.5 Å². The summed E-state index contributed by atoms with van der Waals surface area (Å²) in [6.45, 7) is 1.80. The molecule has 1 atom stereocenters. The Labute approximate surface area is 227 Å². The predicted molar refractivity (Wildman–Crippen MR) is 138 cm³/mol. The molecule has 38 heavy (non-hydrogen) atoms. The quantitative estimate of drug-likeness (QED) is 0.317. The molecule has 0 fully saturated rings. The van der Waals surface area contributed by atoms with Crippen molar-refractivity contribution >= 4 is 35.1 Å². The molecule has 1 heterocycles. The second-order valence-electron chi connectivity index (χ2n) is 9.51. The third-order valence-electron chi connectivity index (χ3n) is 6.36. The lowest BCUT2D eigenvalue weighted by Crippen LogP contribution is -2.33. The van der Waals surface area contributed by atoms with Gasteiger partial charge < -0.3 is 14.7 Å². The fraction of sp³-hybridized carbons (Fsp3) is 0.286. The number of ether oxygens (including phenoxy) is 1. The summed E-state index contributed by atoms with van der Waals surface area (Å²) >= 11 is 12.5. The van der Waals surface area contributed by atoms with Gasteiger partial charge >= 0.3 is 12.1 Å². The molecule has 3 aromatic rings.